The number of carbonyl (C=O) groups excluding carboxylic acids is 4. The van der Waals surface area contributed by atoms with Crippen LogP contribution in [0.2, 0.25) is 0 Å². The van der Waals surface area contributed by atoms with Crippen molar-refractivity contribution in [1.29, 1.82) is 0 Å². The van der Waals surface area contributed by atoms with E-state index >= 15 is 0 Å². The van der Waals surface area contributed by atoms with Gasteiger partial charge in [0.1, 0.15) is 18.5 Å². The van der Waals surface area contributed by atoms with Crippen molar-refractivity contribution in [3.63, 3.8) is 0 Å². The van der Waals surface area contributed by atoms with Crippen molar-refractivity contribution < 1.29 is 57.1 Å². The lowest BCUT2D eigenvalue weighted by molar-refractivity contribution is -0.319. The number of hydrogen-bond acceptors (Lipinski definition) is 12. The molecule has 2 rings (SSSR count). The summed E-state index contributed by atoms with van der Waals surface area (Å²) in [4.78, 5) is 47.5. The normalized spacial score (nSPS) is 22.8. The number of rotatable bonds is 14. The van der Waals surface area contributed by atoms with Crippen molar-refractivity contribution in [2.75, 3.05) is 20.3 Å². The fourth-order valence-corrected chi connectivity index (χ4v) is 3.95. The molecular formula is C28H36O12. The Bertz CT molecular complexity index is 1030. The van der Waals surface area contributed by atoms with Crippen LogP contribution in [0, 0.1) is 12.3 Å². The van der Waals surface area contributed by atoms with Gasteiger partial charge in [-0.2, -0.15) is 0 Å². The molecule has 0 N–H and O–H groups in total. The van der Waals surface area contributed by atoms with Gasteiger partial charge in [-0.15, -0.1) is 12.3 Å². The Morgan fingerprint density at radius 1 is 0.900 bits per heavy atom. The van der Waals surface area contributed by atoms with Crippen LogP contribution in [-0.4, -0.2) is 81.0 Å². The first-order chi connectivity index (χ1) is 19.0. The summed E-state index contributed by atoms with van der Waals surface area (Å²) in [5, 5.41) is 0. The van der Waals surface area contributed by atoms with Gasteiger partial charge in [-0.3, -0.25) is 19.2 Å². The van der Waals surface area contributed by atoms with Crippen LogP contribution in [0.15, 0.2) is 24.3 Å². The smallest absolute Gasteiger partial charge is 0.303 e. The highest BCUT2D eigenvalue weighted by Gasteiger charge is 2.53. The molecule has 40 heavy (non-hydrogen) atoms. The van der Waals surface area contributed by atoms with Crippen molar-refractivity contribution >= 4 is 23.9 Å². The van der Waals surface area contributed by atoms with E-state index in [9.17, 15) is 19.2 Å². The first-order valence-corrected chi connectivity index (χ1v) is 12.6. The topological polar surface area (TPSA) is 142 Å². The third-order valence-electron chi connectivity index (χ3n) is 5.62. The molecule has 0 aliphatic carbocycles. The minimum absolute atomic E-state index is 0.0839. The molecule has 12 nitrogen and oxygen atoms in total. The second-order valence-corrected chi connectivity index (χ2v) is 8.93. The molecule has 1 fully saturated rings. The summed E-state index contributed by atoms with van der Waals surface area (Å²) in [6.07, 6.45) is -0.887. The minimum Gasteiger partial charge on any atom is -0.497 e. The number of hydrogen-bond donors (Lipinski definition) is 0. The van der Waals surface area contributed by atoms with Gasteiger partial charge in [0.15, 0.2) is 24.6 Å². The van der Waals surface area contributed by atoms with Crippen LogP contribution < -0.4 is 4.74 Å². The summed E-state index contributed by atoms with van der Waals surface area (Å²) in [5.74, 6) is 0.449. The lowest BCUT2D eigenvalue weighted by Gasteiger charge is -2.44. The Kier molecular flexibility index (Phi) is 13.4. The SMILES string of the molecule is C#CCC[C@H](COCc1ccc(OC)cc1)O[C@@H]1O[C@H](COC(C)=O)[C@@H](OC(C)=O)[C@H](OC(C)=O)[C@H]1OC(C)=O. The van der Waals surface area contributed by atoms with Crippen LogP contribution in [0.3, 0.4) is 0 Å². The van der Waals surface area contributed by atoms with E-state index < -0.39 is 60.7 Å². The summed E-state index contributed by atoms with van der Waals surface area (Å²) in [5.41, 5.74) is 0.892. The monoisotopic (exact) mass is 564 g/mol. The predicted molar refractivity (Wildman–Crippen MR) is 138 cm³/mol. The van der Waals surface area contributed by atoms with Crippen LogP contribution in [0.5, 0.6) is 5.75 Å². The molecule has 1 aliphatic rings. The van der Waals surface area contributed by atoms with E-state index in [0.29, 0.717) is 18.6 Å². The summed E-state index contributed by atoms with van der Waals surface area (Å²) >= 11 is 0. The Morgan fingerprint density at radius 2 is 1.50 bits per heavy atom. The second kappa shape index (κ2) is 16.4. The highest BCUT2D eigenvalue weighted by atomic mass is 16.7. The molecule has 1 saturated heterocycles. The van der Waals surface area contributed by atoms with E-state index in [1.807, 2.05) is 24.3 Å². The maximum absolute atomic E-state index is 12.0. The number of methoxy groups -OCH3 is 1. The molecule has 0 spiro atoms. The van der Waals surface area contributed by atoms with Gasteiger partial charge in [0.05, 0.1) is 26.4 Å². The van der Waals surface area contributed by atoms with E-state index in [-0.39, 0.29) is 19.8 Å². The molecule has 1 aromatic rings. The van der Waals surface area contributed by atoms with E-state index in [1.165, 1.54) is 6.92 Å². The Labute approximate surface area is 233 Å². The lowest BCUT2D eigenvalue weighted by Crippen LogP contribution is -2.63. The number of carbonyl (C=O) groups is 4. The summed E-state index contributed by atoms with van der Waals surface area (Å²) in [6, 6.07) is 7.33. The van der Waals surface area contributed by atoms with Gasteiger partial charge < -0.3 is 37.9 Å². The summed E-state index contributed by atoms with van der Waals surface area (Å²) in [7, 11) is 1.58. The lowest BCUT2D eigenvalue weighted by atomic mass is 9.98. The van der Waals surface area contributed by atoms with Crippen molar-refractivity contribution in [1.82, 2.24) is 0 Å². The molecule has 0 unspecified atom stereocenters. The first kappa shape index (κ1) is 32.6. The van der Waals surface area contributed by atoms with Crippen LogP contribution in [0.4, 0.5) is 0 Å². The number of benzene rings is 1. The van der Waals surface area contributed by atoms with Gasteiger partial charge >= 0.3 is 23.9 Å². The zero-order valence-corrected chi connectivity index (χ0v) is 23.3. The molecule has 0 radical (unpaired) electrons. The third-order valence-corrected chi connectivity index (χ3v) is 5.62. The van der Waals surface area contributed by atoms with Crippen LogP contribution in [0.1, 0.15) is 46.1 Å². The predicted octanol–water partition coefficient (Wildman–Crippen LogP) is 2.09. The van der Waals surface area contributed by atoms with E-state index in [2.05, 4.69) is 5.92 Å². The number of terminal acetylenes is 1. The van der Waals surface area contributed by atoms with Crippen molar-refractivity contribution in [3.05, 3.63) is 29.8 Å². The summed E-state index contributed by atoms with van der Waals surface area (Å²) in [6.45, 7) is 4.62. The highest BCUT2D eigenvalue weighted by molar-refractivity contribution is 5.68. The average Bonchev–Trinajstić information content (AvgIpc) is 2.88. The molecule has 1 aliphatic heterocycles. The van der Waals surface area contributed by atoms with Gasteiger partial charge in [-0.05, 0) is 24.1 Å². The third kappa shape index (κ3) is 10.8. The van der Waals surface area contributed by atoms with E-state index in [1.54, 1.807) is 7.11 Å². The second-order valence-electron chi connectivity index (χ2n) is 8.93. The largest absolute Gasteiger partial charge is 0.497 e. The fraction of sp³-hybridized carbons (Fsp3) is 0.571. The fourth-order valence-electron chi connectivity index (χ4n) is 3.95. The Hall–Kier alpha value is -3.66. The van der Waals surface area contributed by atoms with Gasteiger partial charge in [0.2, 0.25) is 0 Å². The quantitative estimate of drug-likeness (QED) is 0.185. The van der Waals surface area contributed by atoms with Crippen molar-refractivity contribution in [2.24, 2.45) is 0 Å². The highest BCUT2D eigenvalue weighted by Crippen LogP contribution is 2.31. The molecule has 0 aromatic heterocycles. The minimum atomic E-state index is -1.34. The average molecular weight is 565 g/mol. The zero-order valence-electron chi connectivity index (χ0n) is 23.3. The summed E-state index contributed by atoms with van der Waals surface area (Å²) < 4.78 is 44.6. The molecule has 6 atom stereocenters. The molecule has 220 valence electrons. The van der Waals surface area contributed by atoms with E-state index in [4.69, 9.17) is 44.3 Å². The first-order valence-electron chi connectivity index (χ1n) is 12.6. The molecule has 0 saturated carbocycles. The number of esters is 4. The number of ether oxygens (including phenoxy) is 8. The van der Waals surface area contributed by atoms with Crippen LogP contribution in [0.25, 0.3) is 0 Å². The standard InChI is InChI=1S/C28H36O12/c1-7-8-9-23(15-34-14-21-10-12-22(33-6)13-11-21)39-28-27(38-20(5)32)26(37-19(4)31)25(36-18(3)30)24(40-28)16-35-17(2)29/h1,10-13,23-28H,8-9,14-16H2,2-6H3/t23-,24-,25-,26+,27-,28-/m1/s1. The molecule has 12 heteroatoms. The Balaban J connectivity index is 2.30. The molecule has 0 amide bonds. The van der Waals surface area contributed by atoms with E-state index in [0.717, 1.165) is 26.3 Å². The Morgan fingerprint density at radius 3 is 2.05 bits per heavy atom. The molecular weight excluding hydrogens is 528 g/mol. The maximum Gasteiger partial charge on any atom is 0.303 e. The molecule has 1 heterocycles. The zero-order chi connectivity index (χ0) is 29.7. The van der Waals surface area contributed by atoms with Crippen molar-refractivity contribution in [2.45, 2.75) is 84.0 Å². The van der Waals surface area contributed by atoms with Crippen molar-refractivity contribution in [3.8, 4) is 18.1 Å². The van der Waals surface area contributed by atoms with Gasteiger partial charge in [-0.1, -0.05) is 12.1 Å². The van der Waals surface area contributed by atoms with Crippen LogP contribution in [-0.2, 0) is 58.9 Å². The molecule has 1 aromatic carbocycles. The van der Waals surface area contributed by atoms with Gasteiger partial charge in [0.25, 0.3) is 0 Å². The van der Waals surface area contributed by atoms with Gasteiger partial charge in [-0.25, -0.2) is 0 Å². The maximum atomic E-state index is 12.0. The molecule has 0 bridgehead atoms. The van der Waals surface area contributed by atoms with Crippen LogP contribution >= 0.6 is 0 Å². The van der Waals surface area contributed by atoms with Gasteiger partial charge in [0, 0.05) is 34.1 Å².